The summed E-state index contributed by atoms with van der Waals surface area (Å²) in [7, 11) is 0. The molecule has 0 saturated carbocycles. The third-order valence-corrected chi connectivity index (χ3v) is 6.47. The number of anilines is 1. The first-order valence-corrected chi connectivity index (χ1v) is 11.7. The second-order valence-corrected chi connectivity index (χ2v) is 9.15. The maximum absolute atomic E-state index is 13.5. The molecule has 3 amide bonds. The van der Waals surface area contributed by atoms with Gasteiger partial charge >= 0.3 is 0 Å². The van der Waals surface area contributed by atoms with Gasteiger partial charge in [-0.2, -0.15) is 0 Å². The summed E-state index contributed by atoms with van der Waals surface area (Å²) in [5, 5.41) is 1.06. The van der Waals surface area contributed by atoms with Crippen molar-refractivity contribution >= 4 is 46.6 Å². The fourth-order valence-corrected chi connectivity index (χ4v) is 4.46. The van der Waals surface area contributed by atoms with E-state index in [0.717, 1.165) is 16.0 Å². The molecular weight excluding hydrogens is 491 g/mol. The first-order valence-electron chi connectivity index (χ1n) is 10.9. The van der Waals surface area contributed by atoms with Crippen molar-refractivity contribution in [3.63, 3.8) is 0 Å². The lowest BCUT2D eigenvalue weighted by Gasteiger charge is -2.28. The Morgan fingerprint density at radius 3 is 2.23 bits per heavy atom. The molecule has 178 valence electrons. The van der Waals surface area contributed by atoms with Crippen molar-refractivity contribution in [1.29, 1.82) is 0 Å². The van der Waals surface area contributed by atoms with Gasteiger partial charge in [-0.1, -0.05) is 41.4 Å². The monoisotopic (exact) mass is 510 g/mol. The van der Waals surface area contributed by atoms with Gasteiger partial charge in [0.15, 0.2) is 11.5 Å². The van der Waals surface area contributed by atoms with E-state index in [1.807, 2.05) is 6.07 Å². The molecule has 35 heavy (non-hydrogen) atoms. The van der Waals surface area contributed by atoms with Crippen LogP contribution in [0.2, 0.25) is 10.0 Å². The lowest BCUT2D eigenvalue weighted by atomic mass is 10.1. The lowest BCUT2D eigenvalue weighted by Crippen LogP contribution is -2.45. The van der Waals surface area contributed by atoms with E-state index in [0.29, 0.717) is 27.2 Å². The Labute approximate surface area is 211 Å². The second kappa shape index (κ2) is 9.60. The van der Waals surface area contributed by atoms with Gasteiger partial charge in [-0.25, -0.2) is 4.90 Å². The van der Waals surface area contributed by atoms with E-state index in [2.05, 4.69) is 0 Å². The highest BCUT2D eigenvalue weighted by atomic mass is 35.5. The number of rotatable bonds is 6. The van der Waals surface area contributed by atoms with Gasteiger partial charge in [0.25, 0.3) is 5.91 Å². The highest BCUT2D eigenvalue weighted by Crippen LogP contribution is 2.34. The zero-order valence-electron chi connectivity index (χ0n) is 18.4. The Kier molecular flexibility index (Phi) is 6.36. The van der Waals surface area contributed by atoms with Crippen LogP contribution in [0.3, 0.4) is 0 Å². The van der Waals surface area contributed by atoms with Gasteiger partial charge in [-0.05, 0) is 59.7 Å². The van der Waals surface area contributed by atoms with E-state index < -0.39 is 11.9 Å². The Hall–Kier alpha value is -3.55. The molecule has 0 aliphatic carbocycles. The van der Waals surface area contributed by atoms with Crippen LogP contribution < -0.4 is 14.4 Å². The van der Waals surface area contributed by atoms with Crippen LogP contribution in [-0.4, -0.2) is 35.5 Å². The van der Waals surface area contributed by atoms with E-state index >= 15 is 0 Å². The van der Waals surface area contributed by atoms with E-state index in [4.69, 9.17) is 32.7 Å². The van der Waals surface area contributed by atoms with Crippen LogP contribution in [0, 0.1) is 0 Å². The third-order valence-electron chi connectivity index (χ3n) is 5.96. The number of nitrogens with zero attached hydrogens (tertiary/aromatic N) is 2. The van der Waals surface area contributed by atoms with E-state index in [-0.39, 0.29) is 38.0 Å². The van der Waals surface area contributed by atoms with Crippen molar-refractivity contribution in [2.45, 2.75) is 25.4 Å². The van der Waals surface area contributed by atoms with Gasteiger partial charge in [-0.15, -0.1) is 0 Å². The Morgan fingerprint density at radius 2 is 1.51 bits per heavy atom. The quantitative estimate of drug-likeness (QED) is 0.452. The summed E-state index contributed by atoms with van der Waals surface area (Å²) in [6.45, 7) is 0.255. The average molecular weight is 511 g/mol. The Bertz CT molecular complexity index is 1290. The minimum Gasteiger partial charge on any atom is -0.454 e. The van der Waals surface area contributed by atoms with Crippen molar-refractivity contribution in [2.24, 2.45) is 0 Å². The van der Waals surface area contributed by atoms with Crippen molar-refractivity contribution in [2.75, 3.05) is 11.7 Å². The van der Waals surface area contributed by atoms with Gasteiger partial charge in [0.2, 0.25) is 18.6 Å². The van der Waals surface area contributed by atoms with Crippen molar-refractivity contribution < 1.29 is 23.9 Å². The highest BCUT2D eigenvalue weighted by molar-refractivity contribution is 6.31. The molecule has 0 spiro atoms. The van der Waals surface area contributed by atoms with Crippen LogP contribution in [-0.2, 0) is 27.3 Å². The zero-order valence-corrected chi connectivity index (χ0v) is 20.0. The molecule has 0 bridgehead atoms. The van der Waals surface area contributed by atoms with Crippen LogP contribution in [0.4, 0.5) is 5.69 Å². The van der Waals surface area contributed by atoms with Gasteiger partial charge in [0.1, 0.15) is 6.04 Å². The number of benzene rings is 3. The Morgan fingerprint density at radius 1 is 0.886 bits per heavy atom. The molecule has 1 saturated heterocycles. The number of halogens is 2. The number of carbonyl (C=O) groups excluding carboxylic acids is 3. The van der Waals surface area contributed by atoms with Crippen molar-refractivity contribution in [3.8, 4) is 11.5 Å². The predicted molar refractivity (Wildman–Crippen MR) is 131 cm³/mol. The Balaban J connectivity index is 1.44. The van der Waals surface area contributed by atoms with E-state index in [1.54, 1.807) is 60.7 Å². The van der Waals surface area contributed by atoms with E-state index in [1.165, 1.54) is 4.90 Å². The first-order chi connectivity index (χ1) is 16.9. The molecule has 1 atom stereocenters. The van der Waals surface area contributed by atoms with Gasteiger partial charge in [0, 0.05) is 16.6 Å². The van der Waals surface area contributed by atoms with Crippen molar-refractivity contribution in [3.05, 3.63) is 87.9 Å². The molecular formula is C26H20Cl2N2O5. The molecule has 7 nitrogen and oxygen atoms in total. The summed E-state index contributed by atoms with van der Waals surface area (Å²) < 4.78 is 10.8. The highest BCUT2D eigenvalue weighted by Gasteiger charge is 2.44. The molecule has 9 heteroatoms. The number of ether oxygens (including phenoxy) is 2. The number of hydrogen-bond acceptors (Lipinski definition) is 5. The topological polar surface area (TPSA) is 76.1 Å². The fraction of sp³-hybridized carbons (Fsp3) is 0.192. The molecule has 2 aliphatic heterocycles. The summed E-state index contributed by atoms with van der Waals surface area (Å²) in [6.07, 6.45) is -0.0565. The van der Waals surface area contributed by atoms with Gasteiger partial charge in [-0.3, -0.25) is 14.4 Å². The summed E-state index contributed by atoms with van der Waals surface area (Å²) in [4.78, 5) is 42.4. The third kappa shape index (κ3) is 4.83. The van der Waals surface area contributed by atoms with Crippen LogP contribution in [0.1, 0.15) is 17.5 Å². The standard InChI is InChI=1S/C26H20Cl2N2O5/c27-18-4-1-16(2-5-18)12-24(31)29(14-17-3-10-22-23(11-17)35-15-34-22)21-13-25(32)30(26(21)33)20-8-6-19(28)7-9-20/h1-11,21H,12-15H2. The normalized spacial score (nSPS) is 16.6. The van der Waals surface area contributed by atoms with Crippen LogP contribution >= 0.6 is 23.2 Å². The molecule has 2 heterocycles. The summed E-state index contributed by atoms with van der Waals surface area (Å²) in [5.74, 6) is 0.0759. The van der Waals surface area contributed by atoms with Gasteiger partial charge in [0.05, 0.1) is 18.5 Å². The lowest BCUT2D eigenvalue weighted by molar-refractivity contribution is -0.138. The van der Waals surface area contributed by atoms with Crippen LogP contribution in [0.25, 0.3) is 0 Å². The number of amides is 3. The molecule has 2 aliphatic rings. The number of carbonyl (C=O) groups is 3. The number of imide groups is 1. The number of hydrogen-bond donors (Lipinski definition) is 0. The molecule has 5 rings (SSSR count). The van der Waals surface area contributed by atoms with Crippen LogP contribution in [0.5, 0.6) is 11.5 Å². The molecule has 3 aromatic carbocycles. The largest absolute Gasteiger partial charge is 0.454 e. The smallest absolute Gasteiger partial charge is 0.257 e. The molecule has 0 radical (unpaired) electrons. The predicted octanol–water partition coefficient (Wildman–Crippen LogP) is 4.63. The minimum atomic E-state index is -0.941. The summed E-state index contributed by atoms with van der Waals surface area (Å²) >= 11 is 11.9. The molecule has 0 aromatic heterocycles. The summed E-state index contributed by atoms with van der Waals surface area (Å²) in [6, 6.07) is 17.8. The first kappa shape index (κ1) is 23.2. The SMILES string of the molecule is O=C1CC(N(Cc2ccc3c(c2)OCO3)C(=O)Cc2ccc(Cl)cc2)C(=O)N1c1ccc(Cl)cc1. The zero-order chi connectivity index (χ0) is 24.5. The summed E-state index contributed by atoms with van der Waals surface area (Å²) in [5.41, 5.74) is 1.92. The minimum absolute atomic E-state index is 0.0562. The van der Waals surface area contributed by atoms with Gasteiger partial charge < -0.3 is 14.4 Å². The fourth-order valence-electron chi connectivity index (χ4n) is 4.21. The molecule has 3 aromatic rings. The maximum Gasteiger partial charge on any atom is 0.257 e. The molecule has 1 unspecified atom stereocenters. The van der Waals surface area contributed by atoms with Crippen LogP contribution in [0.15, 0.2) is 66.7 Å². The van der Waals surface area contributed by atoms with E-state index in [9.17, 15) is 14.4 Å². The molecule has 0 N–H and O–H groups in total. The van der Waals surface area contributed by atoms with Crippen molar-refractivity contribution in [1.82, 2.24) is 4.90 Å². The number of fused-ring (bicyclic) bond motifs is 1. The second-order valence-electron chi connectivity index (χ2n) is 8.28. The molecule has 1 fully saturated rings. The maximum atomic E-state index is 13.5. The average Bonchev–Trinajstić information content (AvgIpc) is 3.43.